The molecule has 0 bridgehead atoms. The van der Waals surface area contributed by atoms with E-state index in [1.807, 2.05) is 13.8 Å². The maximum absolute atomic E-state index is 12.2. The summed E-state index contributed by atoms with van der Waals surface area (Å²) < 4.78 is 30.0. The van der Waals surface area contributed by atoms with Crippen molar-refractivity contribution in [1.29, 1.82) is 0 Å². The SMILES string of the molecule is CCCCCOC(=O)Oc1ccc(CC(N)(C[C@H](C)OC(=O)OC)C(=O)O)cc1OC(=O)OCCCCC. The maximum atomic E-state index is 12.2. The van der Waals surface area contributed by atoms with Crippen LogP contribution in [0.25, 0.3) is 0 Å². The normalized spacial score (nSPS) is 13.0. The van der Waals surface area contributed by atoms with Crippen molar-refractivity contribution in [2.75, 3.05) is 20.3 Å². The van der Waals surface area contributed by atoms with Crippen LogP contribution >= 0.6 is 0 Å². The number of nitrogens with two attached hydrogens (primary N) is 1. The van der Waals surface area contributed by atoms with Crippen LogP contribution in [-0.4, -0.2) is 61.5 Å². The van der Waals surface area contributed by atoms with Gasteiger partial charge in [0, 0.05) is 12.8 Å². The van der Waals surface area contributed by atoms with Gasteiger partial charge < -0.3 is 39.3 Å². The molecule has 1 aromatic rings. The van der Waals surface area contributed by atoms with Crippen LogP contribution in [0.3, 0.4) is 0 Å². The van der Waals surface area contributed by atoms with Crippen molar-refractivity contribution in [2.45, 2.75) is 83.8 Å². The van der Waals surface area contributed by atoms with E-state index in [9.17, 15) is 24.3 Å². The summed E-state index contributed by atoms with van der Waals surface area (Å²) in [6.45, 7) is 5.81. The number of carbonyl (C=O) groups is 4. The average Bonchev–Trinajstić information content (AvgIpc) is 2.85. The number of ether oxygens (including phenoxy) is 6. The Labute approximate surface area is 222 Å². The number of unbranched alkanes of at least 4 members (excludes halogenated alkanes) is 4. The van der Waals surface area contributed by atoms with Crippen LogP contribution in [0.2, 0.25) is 0 Å². The highest BCUT2D eigenvalue weighted by Gasteiger charge is 2.37. The molecule has 1 rings (SSSR count). The van der Waals surface area contributed by atoms with Gasteiger partial charge in [-0.1, -0.05) is 45.6 Å². The second-order valence-electron chi connectivity index (χ2n) is 8.82. The number of rotatable bonds is 16. The minimum atomic E-state index is -1.86. The van der Waals surface area contributed by atoms with Crippen LogP contribution in [0.4, 0.5) is 14.4 Å². The van der Waals surface area contributed by atoms with Gasteiger partial charge in [-0.3, -0.25) is 4.79 Å². The van der Waals surface area contributed by atoms with Gasteiger partial charge in [0.25, 0.3) is 0 Å². The maximum Gasteiger partial charge on any atom is 0.513 e. The summed E-state index contributed by atoms with van der Waals surface area (Å²) >= 11 is 0. The van der Waals surface area contributed by atoms with Gasteiger partial charge in [0.2, 0.25) is 0 Å². The Balaban J connectivity index is 3.10. The van der Waals surface area contributed by atoms with E-state index < -0.39 is 36.1 Å². The molecule has 0 heterocycles. The first-order chi connectivity index (χ1) is 18.0. The van der Waals surface area contributed by atoms with Gasteiger partial charge in [-0.15, -0.1) is 0 Å². The lowest BCUT2D eigenvalue weighted by atomic mass is 9.86. The summed E-state index contributed by atoms with van der Waals surface area (Å²) in [5, 5.41) is 9.80. The second kappa shape index (κ2) is 17.1. The molecule has 0 radical (unpaired) electrons. The molecule has 12 nitrogen and oxygen atoms in total. The van der Waals surface area contributed by atoms with Crippen molar-refractivity contribution in [2.24, 2.45) is 5.73 Å². The molecule has 0 aliphatic carbocycles. The van der Waals surface area contributed by atoms with Gasteiger partial charge in [-0.2, -0.15) is 0 Å². The molecule has 38 heavy (non-hydrogen) atoms. The van der Waals surface area contributed by atoms with Gasteiger partial charge in [0.05, 0.1) is 20.3 Å². The summed E-state index contributed by atoms with van der Waals surface area (Å²) in [6.07, 6.45) is 0.639. The van der Waals surface area contributed by atoms with Crippen LogP contribution in [-0.2, 0) is 30.2 Å². The molecule has 12 heteroatoms. The monoisotopic (exact) mass is 541 g/mol. The molecule has 0 saturated heterocycles. The Hall–Kier alpha value is -3.54. The topological polar surface area (TPSA) is 170 Å². The number of hydrogen-bond donors (Lipinski definition) is 2. The number of carboxylic acid groups (broad SMARTS) is 1. The van der Waals surface area contributed by atoms with E-state index in [0.717, 1.165) is 32.8 Å². The second-order valence-corrected chi connectivity index (χ2v) is 8.82. The lowest BCUT2D eigenvalue weighted by Gasteiger charge is -2.27. The fourth-order valence-electron chi connectivity index (χ4n) is 3.45. The van der Waals surface area contributed by atoms with Crippen molar-refractivity contribution >= 4 is 24.4 Å². The highest BCUT2D eigenvalue weighted by molar-refractivity contribution is 5.79. The molecule has 1 unspecified atom stereocenters. The van der Waals surface area contributed by atoms with Crippen molar-refractivity contribution in [3.63, 3.8) is 0 Å². The Morgan fingerprint density at radius 1 is 0.895 bits per heavy atom. The van der Waals surface area contributed by atoms with Crippen LogP contribution in [0.15, 0.2) is 18.2 Å². The number of aliphatic carboxylic acids is 1. The highest BCUT2D eigenvalue weighted by Crippen LogP contribution is 2.31. The lowest BCUT2D eigenvalue weighted by molar-refractivity contribution is -0.144. The average molecular weight is 542 g/mol. The van der Waals surface area contributed by atoms with Gasteiger partial charge in [-0.25, -0.2) is 14.4 Å². The molecule has 2 atom stereocenters. The molecule has 3 N–H and O–H groups in total. The van der Waals surface area contributed by atoms with E-state index in [1.165, 1.54) is 25.1 Å². The molecular weight excluding hydrogens is 502 g/mol. The fraction of sp³-hybridized carbons (Fsp3) is 0.615. The summed E-state index contributed by atoms with van der Waals surface area (Å²) in [5.74, 6) is -1.65. The molecule has 0 aliphatic heterocycles. The van der Waals surface area contributed by atoms with Crippen molar-refractivity contribution in [1.82, 2.24) is 0 Å². The van der Waals surface area contributed by atoms with Gasteiger partial charge in [0.1, 0.15) is 11.6 Å². The zero-order valence-corrected chi connectivity index (χ0v) is 22.5. The number of methoxy groups -OCH3 is 1. The third kappa shape index (κ3) is 12.1. The van der Waals surface area contributed by atoms with Crippen LogP contribution in [0.5, 0.6) is 11.5 Å². The van der Waals surface area contributed by atoms with Gasteiger partial charge >= 0.3 is 24.4 Å². The number of benzene rings is 1. The Morgan fingerprint density at radius 3 is 1.95 bits per heavy atom. The molecule has 0 fully saturated rings. The van der Waals surface area contributed by atoms with Gasteiger partial charge in [-0.05, 0) is 37.5 Å². The summed E-state index contributed by atoms with van der Waals surface area (Å²) in [7, 11) is 1.13. The Kier molecular flexibility index (Phi) is 14.6. The number of carboxylic acids is 1. The smallest absolute Gasteiger partial charge is 0.480 e. The van der Waals surface area contributed by atoms with E-state index in [0.29, 0.717) is 18.4 Å². The van der Waals surface area contributed by atoms with Crippen molar-refractivity contribution in [3.05, 3.63) is 23.8 Å². The minimum absolute atomic E-state index is 0.125. The van der Waals surface area contributed by atoms with Crippen molar-refractivity contribution < 1.29 is 52.7 Å². The molecule has 0 amide bonds. The standard InChI is InChI=1S/C26H39NO11/c1-5-7-9-13-34-24(31)37-20-12-11-19(15-21(20)38-25(32)35-14-10-8-6-2)17-26(27,22(28)29)16-18(3)36-23(30)33-4/h11-12,15,18H,5-10,13-14,16-17,27H2,1-4H3,(H,28,29)/t18-,26?/m0/s1. The predicted octanol–water partition coefficient (Wildman–Crippen LogP) is 4.98. The highest BCUT2D eigenvalue weighted by atomic mass is 16.7. The quantitative estimate of drug-likeness (QED) is 0.125. The Bertz CT molecular complexity index is 920. The number of hydrogen-bond acceptors (Lipinski definition) is 11. The van der Waals surface area contributed by atoms with Gasteiger partial charge in [0.15, 0.2) is 11.5 Å². The zero-order valence-electron chi connectivity index (χ0n) is 22.5. The molecule has 1 aromatic carbocycles. The molecule has 214 valence electrons. The molecule has 0 aromatic heterocycles. The summed E-state index contributed by atoms with van der Waals surface area (Å²) in [6, 6.07) is 4.12. The molecular formula is C26H39NO11. The zero-order chi connectivity index (χ0) is 28.6. The van der Waals surface area contributed by atoms with Crippen molar-refractivity contribution in [3.8, 4) is 11.5 Å². The molecule has 0 spiro atoms. The Morgan fingerprint density at radius 2 is 1.45 bits per heavy atom. The molecule has 0 aliphatic rings. The van der Waals surface area contributed by atoms with Crippen LogP contribution in [0, 0.1) is 0 Å². The third-order valence-electron chi connectivity index (χ3n) is 5.39. The third-order valence-corrected chi connectivity index (χ3v) is 5.39. The first kappa shape index (κ1) is 32.5. The molecule has 0 saturated carbocycles. The van der Waals surface area contributed by atoms with Crippen LogP contribution in [0.1, 0.15) is 71.3 Å². The van der Waals surface area contributed by atoms with E-state index in [2.05, 4.69) is 4.74 Å². The summed E-state index contributed by atoms with van der Waals surface area (Å²) in [4.78, 5) is 47.8. The number of carbonyl (C=O) groups excluding carboxylic acids is 3. The minimum Gasteiger partial charge on any atom is -0.480 e. The van der Waals surface area contributed by atoms with Crippen LogP contribution < -0.4 is 15.2 Å². The van der Waals surface area contributed by atoms with E-state index in [4.69, 9.17) is 29.4 Å². The first-order valence-electron chi connectivity index (χ1n) is 12.6. The lowest BCUT2D eigenvalue weighted by Crippen LogP contribution is -2.52. The summed E-state index contributed by atoms with van der Waals surface area (Å²) in [5.41, 5.74) is 4.66. The largest absolute Gasteiger partial charge is 0.513 e. The van der Waals surface area contributed by atoms with E-state index in [1.54, 1.807) is 0 Å². The first-order valence-corrected chi connectivity index (χ1v) is 12.6. The van der Waals surface area contributed by atoms with E-state index >= 15 is 0 Å². The fourth-order valence-corrected chi connectivity index (χ4v) is 3.45. The predicted molar refractivity (Wildman–Crippen MR) is 135 cm³/mol. The van der Waals surface area contributed by atoms with E-state index in [-0.39, 0.29) is 37.6 Å².